The lowest BCUT2D eigenvalue weighted by atomic mass is 10.1. The second-order valence-electron chi connectivity index (χ2n) is 2.35. The third-order valence-electron chi connectivity index (χ3n) is 1.66. The fourth-order valence-corrected chi connectivity index (χ4v) is 1.13. The fraction of sp³-hybridized carbons (Fsp3) is 0. The molecule has 0 unspecified atom stereocenters. The minimum absolute atomic E-state index is 0. The molecule has 0 bridgehead atoms. The normalized spacial score (nSPS) is 9.09. The van der Waals surface area contributed by atoms with Gasteiger partial charge in [0.25, 0.3) is 0 Å². The van der Waals surface area contributed by atoms with Crippen molar-refractivity contribution in [3.8, 4) is 0 Å². The van der Waals surface area contributed by atoms with Crippen LogP contribution in [0.15, 0.2) is 48.5 Å². The molecule has 56 valence electrons. The Hall–Kier alpha value is -1.37. The number of rotatable bonds is 0. The minimum Gasteiger partial charge on any atom is -0.269 e. The van der Waals surface area contributed by atoms with Gasteiger partial charge in [0.1, 0.15) is 0 Å². The maximum atomic E-state index is 2.12. The Bertz CT molecular complexity index is 276. The van der Waals surface area contributed by atoms with Crippen molar-refractivity contribution in [2.24, 2.45) is 0 Å². The van der Waals surface area contributed by atoms with Crippen LogP contribution in [-0.2, 0) is 0 Å². The molecule has 0 aromatic heterocycles. The van der Waals surface area contributed by atoms with Gasteiger partial charge in [0.15, 0.2) is 0 Å². The lowest BCUT2D eigenvalue weighted by Crippen LogP contribution is -1.67. The van der Waals surface area contributed by atoms with Crippen molar-refractivity contribution in [1.82, 2.24) is 0 Å². The standard InChI is InChI=1S/C10H8.FH/c1-2-6-10-8-4-3-7-9(10)5-1;/h1-8H;1H. The van der Waals surface area contributed by atoms with Crippen molar-refractivity contribution in [2.75, 3.05) is 0 Å². The molecule has 0 saturated carbocycles. The second kappa shape index (κ2) is 3.15. The molecular weight excluding hydrogens is 139 g/mol. The second-order valence-corrected chi connectivity index (χ2v) is 2.35. The molecule has 0 aliphatic rings. The van der Waals surface area contributed by atoms with Gasteiger partial charge < -0.3 is 0 Å². The van der Waals surface area contributed by atoms with E-state index in [-0.39, 0.29) is 4.70 Å². The van der Waals surface area contributed by atoms with Gasteiger partial charge in [-0.2, -0.15) is 0 Å². The number of halogens is 1. The molecule has 0 spiro atoms. The Morgan fingerprint density at radius 3 is 1.09 bits per heavy atom. The molecule has 0 atom stereocenters. The maximum absolute atomic E-state index is 2.12. The molecule has 0 heterocycles. The van der Waals surface area contributed by atoms with E-state index in [9.17, 15) is 0 Å². The summed E-state index contributed by atoms with van der Waals surface area (Å²) in [5, 5.41) is 2.62. The number of fused-ring (bicyclic) bond motifs is 1. The zero-order valence-electron chi connectivity index (χ0n) is 6.03. The van der Waals surface area contributed by atoms with E-state index in [1.165, 1.54) is 10.8 Å². The van der Waals surface area contributed by atoms with Crippen LogP contribution in [0.5, 0.6) is 0 Å². The van der Waals surface area contributed by atoms with Gasteiger partial charge in [0.2, 0.25) is 0 Å². The summed E-state index contributed by atoms with van der Waals surface area (Å²) in [6, 6.07) is 16.7. The summed E-state index contributed by atoms with van der Waals surface area (Å²) in [6.45, 7) is 0. The minimum atomic E-state index is 0. The topological polar surface area (TPSA) is 0 Å². The van der Waals surface area contributed by atoms with Crippen LogP contribution >= 0.6 is 0 Å². The summed E-state index contributed by atoms with van der Waals surface area (Å²) in [6.07, 6.45) is 0. The van der Waals surface area contributed by atoms with Crippen LogP contribution in [-0.4, -0.2) is 0 Å². The van der Waals surface area contributed by atoms with E-state index in [1.54, 1.807) is 0 Å². The average Bonchev–Trinajstić information content (AvgIpc) is 2.05. The highest BCUT2D eigenvalue weighted by Crippen LogP contribution is 2.11. The Balaban J connectivity index is 0.000000605. The highest BCUT2D eigenvalue weighted by molar-refractivity contribution is 5.81. The first-order valence-electron chi connectivity index (χ1n) is 3.40. The Kier molecular flexibility index (Phi) is 2.21. The van der Waals surface area contributed by atoms with E-state index < -0.39 is 0 Å². The lowest BCUT2D eigenvalue weighted by molar-refractivity contribution is 1.11. The monoisotopic (exact) mass is 148 g/mol. The molecule has 2 rings (SSSR count). The highest BCUT2D eigenvalue weighted by atomic mass is 19.0. The Morgan fingerprint density at radius 1 is 0.545 bits per heavy atom. The van der Waals surface area contributed by atoms with Gasteiger partial charge in [0, 0.05) is 0 Å². The maximum Gasteiger partial charge on any atom is -0.0184 e. The molecule has 1 heteroatoms. The van der Waals surface area contributed by atoms with Crippen molar-refractivity contribution >= 4 is 10.8 Å². The van der Waals surface area contributed by atoms with Crippen molar-refractivity contribution < 1.29 is 4.70 Å². The number of hydrogen-bond acceptors (Lipinski definition) is 0. The summed E-state index contributed by atoms with van der Waals surface area (Å²) >= 11 is 0. The summed E-state index contributed by atoms with van der Waals surface area (Å²) in [5.41, 5.74) is 0. The predicted molar refractivity (Wildman–Crippen MR) is 46.5 cm³/mol. The first-order valence-corrected chi connectivity index (χ1v) is 3.40. The summed E-state index contributed by atoms with van der Waals surface area (Å²) in [4.78, 5) is 0. The third-order valence-corrected chi connectivity index (χ3v) is 1.66. The van der Waals surface area contributed by atoms with Gasteiger partial charge in [-0.15, -0.1) is 0 Å². The highest BCUT2D eigenvalue weighted by Gasteiger charge is 1.85. The van der Waals surface area contributed by atoms with Crippen molar-refractivity contribution in [3.05, 3.63) is 48.5 Å². The summed E-state index contributed by atoms with van der Waals surface area (Å²) in [7, 11) is 0. The smallest absolute Gasteiger partial charge is 0.0184 e. The van der Waals surface area contributed by atoms with Crippen LogP contribution in [0.25, 0.3) is 10.8 Å². The zero-order valence-corrected chi connectivity index (χ0v) is 6.03. The predicted octanol–water partition coefficient (Wildman–Crippen LogP) is 2.99. The van der Waals surface area contributed by atoms with Crippen LogP contribution in [0.4, 0.5) is 4.70 Å². The van der Waals surface area contributed by atoms with Crippen LogP contribution in [0.2, 0.25) is 0 Å². The summed E-state index contributed by atoms with van der Waals surface area (Å²) in [5.74, 6) is 0. The molecule has 0 aliphatic carbocycles. The van der Waals surface area contributed by atoms with E-state index in [2.05, 4.69) is 48.5 Å². The molecule has 0 amide bonds. The van der Waals surface area contributed by atoms with Crippen LogP contribution in [0, 0.1) is 0 Å². The Labute approximate surface area is 64.8 Å². The number of benzene rings is 2. The lowest BCUT2D eigenvalue weighted by Gasteiger charge is -1.92. The average molecular weight is 148 g/mol. The first kappa shape index (κ1) is 7.73. The van der Waals surface area contributed by atoms with Gasteiger partial charge in [-0.3, -0.25) is 4.70 Å². The third kappa shape index (κ3) is 1.37. The van der Waals surface area contributed by atoms with Gasteiger partial charge in [-0.1, -0.05) is 48.5 Å². The molecule has 2 aromatic rings. The molecule has 0 nitrogen and oxygen atoms in total. The van der Waals surface area contributed by atoms with Crippen LogP contribution < -0.4 is 0 Å². The molecular formula is C10H9F. The molecule has 0 N–H and O–H groups in total. The Morgan fingerprint density at radius 2 is 0.818 bits per heavy atom. The quantitative estimate of drug-likeness (QED) is 0.538. The largest absolute Gasteiger partial charge is 0.269 e. The number of hydrogen-bond donors (Lipinski definition) is 0. The first-order chi connectivity index (χ1) is 4.97. The van der Waals surface area contributed by atoms with Crippen LogP contribution in [0.3, 0.4) is 0 Å². The SMILES string of the molecule is F.c1ccc2ccccc2c1. The van der Waals surface area contributed by atoms with E-state index in [0.29, 0.717) is 0 Å². The van der Waals surface area contributed by atoms with E-state index in [4.69, 9.17) is 0 Å². The van der Waals surface area contributed by atoms with E-state index in [1.807, 2.05) is 0 Å². The molecule has 0 aliphatic heterocycles. The zero-order chi connectivity index (χ0) is 6.81. The van der Waals surface area contributed by atoms with Crippen molar-refractivity contribution in [3.63, 3.8) is 0 Å². The summed E-state index contributed by atoms with van der Waals surface area (Å²) < 4.78 is 0. The molecule has 0 fully saturated rings. The molecule has 0 saturated heterocycles. The molecule has 0 radical (unpaired) electrons. The molecule has 2 aromatic carbocycles. The van der Waals surface area contributed by atoms with Crippen LogP contribution in [0.1, 0.15) is 0 Å². The van der Waals surface area contributed by atoms with Gasteiger partial charge >= 0.3 is 0 Å². The fourth-order valence-electron chi connectivity index (χ4n) is 1.13. The molecule has 11 heavy (non-hydrogen) atoms. The van der Waals surface area contributed by atoms with Gasteiger partial charge in [0.05, 0.1) is 0 Å². The van der Waals surface area contributed by atoms with E-state index >= 15 is 0 Å². The van der Waals surface area contributed by atoms with Crippen molar-refractivity contribution in [2.45, 2.75) is 0 Å². The van der Waals surface area contributed by atoms with Gasteiger partial charge in [-0.05, 0) is 10.8 Å². The van der Waals surface area contributed by atoms with E-state index in [0.717, 1.165) is 0 Å². The van der Waals surface area contributed by atoms with Gasteiger partial charge in [-0.25, -0.2) is 0 Å². The van der Waals surface area contributed by atoms with Crippen molar-refractivity contribution in [1.29, 1.82) is 0 Å².